The molecular weight excluding hydrogens is 465 g/mol. The second-order valence-corrected chi connectivity index (χ2v) is 12.6. The van der Waals surface area contributed by atoms with Gasteiger partial charge in [-0.2, -0.15) is 0 Å². The third-order valence-corrected chi connectivity index (χ3v) is 8.07. The number of amides is 1. The summed E-state index contributed by atoms with van der Waals surface area (Å²) in [5, 5.41) is 5.98. The molecule has 2 saturated heterocycles. The summed E-state index contributed by atoms with van der Waals surface area (Å²) in [6, 6.07) is 12.9. The number of nitrogens with one attached hydrogen (secondary N) is 1. The summed E-state index contributed by atoms with van der Waals surface area (Å²) in [6.07, 6.45) is 3.83. The highest BCUT2D eigenvalue weighted by Gasteiger charge is 2.51. The summed E-state index contributed by atoms with van der Waals surface area (Å²) in [4.78, 5) is 16.9. The molecule has 3 heterocycles. The van der Waals surface area contributed by atoms with Crippen LogP contribution < -0.4 is 10.8 Å². The lowest BCUT2D eigenvalue weighted by molar-refractivity contribution is 0.00578. The van der Waals surface area contributed by atoms with E-state index in [2.05, 4.69) is 87.6 Å². The Kier molecular flexibility index (Phi) is 6.27. The van der Waals surface area contributed by atoms with Gasteiger partial charge < -0.3 is 29.2 Å². The van der Waals surface area contributed by atoms with E-state index >= 15 is 0 Å². The van der Waals surface area contributed by atoms with E-state index in [-0.39, 0.29) is 36.6 Å². The number of rotatable bonds is 3. The van der Waals surface area contributed by atoms with Crippen LogP contribution in [0.4, 0.5) is 4.79 Å². The largest absolute Gasteiger partial charge is 0.494 e. The second-order valence-electron chi connectivity index (χ2n) is 12.6. The number of hydrogen-bond donors (Lipinski definition) is 1. The SMILES string of the molecule is CN1C=C(c2ccc3cc(B4OC(C)(C)C(C)(C)O4)ccc3c2)NC1[C@@H]1CCCN1C(=O)OC(C)(C)C. The first-order chi connectivity index (χ1) is 17.2. The van der Waals surface area contributed by atoms with Crippen LogP contribution in [0.3, 0.4) is 0 Å². The number of hydrogen-bond acceptors (Lipinski definition) is 6. The zero-order valence-electron chi connectivity index (χ0n) is 23.4. The van der Waals surface area contributed by atoms with Gasteiger partial charge in [-0.1, -0.05) is 30.3 Å². The lowest BCUT2D eigenvalue weighted by atomic mass is 9.78. The van der Waals surface area contributed by atoms with Crippen molar-refractivity contribution >= 4 is 35.1 Å². The van der Waals surface area contributed by atoms with Gasteiger partial charge in [0, 0.05) is 19.8 Å². The highest BCUT2D eigenvalue weighted by atomic mass is 16.7. The molecule has 0 aromatic heterocycles. The molecule has 5 rings (SSSR count). The lowest BCUT2D eigenvalue weighted by Gasteiger charge is -2.35. The standard InChI is InChI=1S/C29H40BN3O4/c1-27(2,3)35-26(34)33-15-9-10-24(33)25-31-23(18-32(25)8)21-12-11-20-17-22(14-13-19(20)16-21)30-36-28(4,5)29(6,7)37-30/h11-14,16-18,24-25,31H,9-10,15H2,1-8H3/t24-,25?/m0/s1. The minimum absolute atomic E-state index is 0.00599. The van der Waals surface area contributed by atoms with Gasteiger partial charge in [-0.15, -0.1) is 0 Å². The number of benzene rings is 2. The molecule has 2 aromatic rings. The highest BCUT2D eigenvalue weighted by molar-refractivity contribution is 6.62. The average molecular weight is 505 g/mol. The molecule has 8 heteroatoms. The fourth-order valence-corrected chi connectivity index (χ4v) is 5.33. The fraction of sp³-hybridized carbons (Fsp3) is 0.552. The van der Waals surface area contributed by atoms with Crippen molar-refractivity contribution < 1.29 is 18.8 Å². The highest BCUT2D eigenvalue weighted by Crippen LogP contribution is 2.37. The maximum atomic E-state index is 12.8. The number of fused-ring (bicyclic) bond motifs is 1. The molecule has 0 saturated carbocycles. The van der Waals surface area contributed by atoms with Crippen LogP contribution in [0, 0.1) is 0 Å². The summed E-state index contributed by atoms with van der Waals surface area (Å²) < 4.78 is 18.2. The fourth-order valence-electron chi connectivity index (χ4n) is 5.33. The maximum Gasteiger partial charge on any atom is 0.494 e. The van der Waals surface area contributed by atoms with E-state index in [1.54, 1.807) is 0 Å². The maximum absolute atomic E-state index is 12.8. The zero-order chi connectivity index (χ0) is 26.8. The van der Waals surface area contributed by atoms with E-state index in [1.165, 1.54) is 0 Å². The van der Waals surface area contributed by atoms with E-state index in [4.69, 9.17) is 14.0 Å². The van der Waals surface area contributed by atoms with Crippen LogP contribution in [0.5, 0.6) is 0 Å². The molecule has 2 atom stereocenters. The van der Waals surface area contributed by atoms with Gasteiger partial charge in [0.2, 0.25) is 0 Å². The van der Waals surface area contributed by atoms with E-state index in [0.717, 1.165) is 46.9 Å². The van der Waals surface area contributed by atoms with Crippen molar-refractivity contribution in [2.45, 2.75) is 90.3 Å². The van der Waals surface area contributed by atoms with Gasteiger partial charge in [0.15, 0.2) is 0 Å². The number of nitrogens with zero attached hydrogens (tertiary/aromatic N) is 2. The van der Waals surface area contributed by atoms with Crippen molar-refractivity contribution in [3.05, 3.63) is 48.2 Å². The smallest absolute Gasteiger partial charge is 0.444 e. The van der Waals surface area contributed by atoms with Crippen molar-refractivity contribution in [1.82, 2.24) is 15.1 Å². The molecule has 1 unspecified atom stereocenters. The normalized spacial score (nSPS) is 25.0. The Morgan fingerprint density at radius 3 is 2.38 bits per heavy atom. The third kappa shape index (κ3) is 4.93. The summed E-state index contributed by atoms with van der Waals surface area (Å²) >= 11 is 0. The number of ether oxygens (including phenoxy) is 1. The van der Waals surface area contributed by atoms with Gasteiger partial charge in [-0.05, 0) is 89.2 Å². The first-order valence-corrected chi connectivity index (χ1v) is 13.3. The zero-order valence-corrected chi connectivity index (χ0v) is 23.4. The topological polar surface area (TPSA) is 63.3 Å². The van der Waals surface area contributed by atoms with Gasteiger partial charge in [0.05, 0.1) is 22.9 Å². The Hall–Kier alpha value is -2.71. The van der Waals surface area contributed by atoms with Crippen molar-refractivity contribution in [1.29, 1.82) is 0 Å². The Morgan fingerprint density at radius 2 is 1.70 bits per heavy atom. The van der Waals surface area contributed by atoms with Gasteiger partial charge in [-0.3, -0.25) is 0 Å². The lowest BCUT2D eigenvalue weighted by Crippen LogP contribution is -2.52. The average Bonchev–Trinajstić information content (AvgIpc) is 3.47. The third-order valence-electron chi connectivity index (χ3n) is 8.07. The predicted octanol–water partition coefficient (Wildman–Crippen LogP) is 4.70. The Bertz CT molecular complexity index is 1220. The molecule has 1 N–H and O–H groups in total. The molecular formula is C29H40BN3O4. The van der Waals surface area contributed by atoms with Crippen LogP contribution in [0.25, 0.3) is 16.5 Å². The number of carbonyl (C=O) groups is 1. The molecule has 1 amide bonds. The monoisotopic (exact) mass is 505 g/mol. The Morgan fingerprint density at radius 1 is 1.05 bits per heavy atom. The van der Waals surface area contributed by atoms with Crippen LogP contribution in [0.15, 0.2) is 42.6 Å². The van der Waals surface area contributed by atoms with Crippen molar-refractivity contribution in [2.75, 3.05) is 13.6 Å². The summed E-state index contributed by atoms with van der Waals surface area (Å²) in [5.41, 5.74) is 1.97. The van der Waals surface area contributed by atoms with E-state index in [9.17, 15) is 4.79 Å². The first kappa shape index (κ1) is 25.9. The van der Waals surface area contributed by atoms with E-state index in [1.807, 2.05) is 25.7 Å². The molecule has 198 valence electrons. The molecule has 0 spiro atoms. The van der Waals surface area contributed by atoms with Gasteiger partial charge >= 0.3 is 13.2 Å². The van der Waals surface area contributed by atoms with Gasteiger partial charge in [-0.25, -0.2) is 4.79 Å². The van der Waals surface area contributed by atoms with Crippen LogP contribution in [0.2, 0.25) is 0 Å². The summed E-state index contributed by atoms with van der Waals surface area (Å²) in [5.74, 6) is 0. The first-order valence-electron chi connectivity index (χ1n) is 13.3. The molecule has 0 radical (unpaired) electrons. The summed E-state index contributed by atoms with van der Waals surface area (Å²) in [6.45, 7) is 14.8. The van der Waals surface area contributed by atoms with Crippen molar-refractivity contribution in [2.24, 2.45) is 0 Å². The Balaban J connectivity index is 1.32. The number of likely N-dealkylation sites (tertiary alicyclic amines) is 1. The molecule has 0 aliphatic carbocycles. The molecule has 0 bridgehead atoms. The van der Waals surface area contributed by atoms with Gasteiger partial charge in [0.25, 0.3) is 0 Å². The molecule has 3 aliphatic heterocycles. The van der Waals surface area contributed by atoms with Crippen LogP contribution in [-0.4, -0.2) is 65.6 Å². The predicted molar refractivity (Wildman–Crippen MR) is 148 cm³/mol. The molecule has 2 aromatic carbocycles. The van der Waals surface area contributed by atoms with E-state index in [0.29, 0.717) is 0 Å². The van der Waals surface area contributed by atoms with Crippen molar-refractivity contribution in [3.63, 3.8) is 0 Å². The van der Waals surface area contributed by atoms with Crippen LogP contribution in [-0.2, 0) is 14.0 Å². The second kappa shape index (κ2) is 8.95. The van der Waals surface area contributed by atoms with Gasteiger partial charge in [0.1, 0.15) is 11.8 Å². The molecule has 3 aliphatic rings. The van der Waals surface area contributed by atoms with E-state index < -0.39 is 5.60 Å². The minimum atomic E-state index is -0.504. The molecule has 7 nitrogen and oxygen atoms in total. The van der Waals surface area contributed by atoms with Crippen molar-refractivity contribution in [3.8, 4) is 0 Å². The molecule has 37 heavy (non-hydrogen) atoms. The molecule has 2 fully saturated rings. The van der Waals surface area contributed by atoms with Crippen LogP contribution >= 0.6 is 0 Å². The summed E-state index contributed by atoms with van der Waals surface area (Å²) in [7, 11) is 1.69. The number of carbonyl (C=O) groups excluding carboxylic acids is 1. The van der Waals surface area contributed by atoms with Crippen LogP contribution in [0.1, 0.15) is 66.9 Å². The number of likely N-dealkylation sites (N-methyl/N-ethyl adjacent to an activating group) is 1. The minimum Gasteiger partial charge on any atom is -0.444 e. The Labute approximate surface area is 221 Å². The quantitative estimate of drug-likeness (QED) is 0.611.